The SMILES string of the molecule is C[Si](C)(C)C#Cc1cccc2c1C(=O)C(=O)N2. The monoisotopic (exact) mass is 243 g/mol. The van der Waals surface area contributed by atoms with E-state index in [0.717, 1.165) is 0 Å². The Labute approximate surface area is 101 Å². The minimum Gasteiger partial charge on any atom is -0.318 e. The Morgan fingerprint density at radius 3 is 2.53 bits per heavy atom. The predicted molar refractivity (Wildman–Crippen MR) is 69.6 cm³/mol. The Morgan fingerprint density at radius 1 is 1.18 bits per heavy atom. The van der Waals surface area contributed by atoms with Gasteiger partial charge in [0.05, 0.1) is 11.3 Å². The highest BCUT2D eigenvalue weighted by molar-refractivity contribution is 6.83. The highest BCUT2D eigenvalue weighted by atomic mass is 28.3. The zero-order valence-electron chi connectivity index (χ0n) is 10.0. The second-order valence-corrected chi connectivity index (χ2v) is 9.76. The molecular weight excluding hydrogens is 230 g/mol. The Morgan fingerprint density at radius 2 is 1.88 bits per heavy atom. The first-order valence-electron chi connectivity index (χ1n) is 5.40. The number of Topliss-reactive ketones (excluding diaryl/α,β-unsaturated/α-hetero) is 1. The summed E-state index contributed by atoms with van der Waals surface area (Å²) in [6.07, 6.45) is 0. The van der Waals surface area contributed by atoms with Crippen LogP contribution in [-0.4, -0.2) is 19.8 Å². The van der Waals surface area contributed by atoms with Gasteiger partial charge in [0.15, 0.2) is 0 Å². The highest BCUT2D eigenvalue weighted by Gasteiger charge is 2.29. The minimum absolute atomic E-state index is 0.420. The highest BCUT2D eigenvalue weighted by Crippen LogP contribution is 2.25. The Balaban J connectivity index is 2.52. The number of benzene rings is 1. The first-order chi connectivity index (χ1) is 7.88. The van der Waals surface area contributed by atoms with Crippen LogP contribution in [0.1, 0.15) is 15.9 Å². The fraction of sp³-hybridized carbons (Fsp3) is 0.231. The van der Waals surface area contributed by atoms with Gasteiger partial charge in [-0.1, -0.05) is 31.6 Å². The lowest BCUT2D eigenvalue weighted by molar-refractivity contribution is -0.112. The van der Waals surface area contributed by atoms with Crippen molar-refractivity contribution in [3.8, 4) is 11.5 Å². The predicted octanol–water partition coefficient (Wildman–Crippen LogP) is 2.05. The van der Waals surface area contributed by atoms with E-state index < -0.39 is 19.8 Å². The van der Waals surface area contributed by atoms with Crippen LogP contribution in [0.4, 0.5) is 5.69 Å². The molecule has 0 saturated heterocycles. The molecule has 1 amide bonds. The second-order valence-electron chi connectivity index (χ2n) is 5.01. The van der Waals surface area contributed by atoms with Crippen molar-refractivity contribution in [1.82, 2.24) is 0 Å². The van der Waals surface area contributed by atoms with Crippen LogP contribution in [0.2, 0.25) is 19.6 Å². The molecule has 17 heavy (non-hydrogen) atoms. The number of amides is 1. The molecule has 0 fully saturated rings. The van der Waals surface area contributed by atoms with Crippen LogP contribution < -0.4 is 5.32 Å². The van der Waals surface area contributed by atoms with Crippen LogP contribution in [0.25, 0.3) is 0 Å². The number of nitrogens with one attached hydrogen (secondary N) is 1. The van der Waals surface area contributed by atoms with Crippen LogP contribution in [0.3, 0.4) is 0 Å². The summed E-state index contributed by atoms with van der Waals surface area (Å²) in [6.45, 7) is 6.40. The van der Waals surface area contributed by atoms with Gasteiger partial charge >= 0.3 is 0 Å². The van der Waals surface area contributed by atoms with E-state index in [2.05, 4.69) is 36.4 Å². The van der Waals surface area contributed by atoms with E-state index in [1.807, 2.05) is 0 Å². The Hall–Kier alpha value is -1.86. The summed E-state index contributed by atoms with van der Waals surface area (Å²) in [5, 5.41) is 2.54. The summed E-state index contributed by atoms with van der Waals surface area (Å²) in [5.74, 6) is 1.98. The van der Waals surface area contributed by atoms with Crippen molar-refractivity contribution in [2.45, 2.75) is 19.6 Å². The number of ketones is 1. The van der Waals surface area contributed by atoms with Crippen LogP contribution in [0.5, 0.6) is 0 Å². The molecule has 2 rings (SSSR count). The number of hydrogen-bond acceptors (Lipinski definition) is 2. The summed E-state index contributed by atoms with van der Waals surface area (Å²) in [6, 6.07) is 5.30. The zero-order chi connectivity index (χ0) is 12.6. The van der Waals surface area contributed by atoms with Gasteiger partial charge in [-0.15, -0.1) is 5.54 Å². The molecule has 0 unspecified atom stereocenters. The maximum absolute atomic E-state index is 11.7. The molecule has 0 bridgehead atoms. The molecule has 1 aliphatic heterocycles. The fourth-order valence-corrected chi connectivity index (χ4v) is 2.06. The van der Waals surface area contributed by atoms with Crippen molar-refractivity contribution < 1.29 is 9.59 Å². The standard InChI is InChI=1S/C13H13NO2Si/c1-17(2,3)8-7-9-5-4-6-10-11(9)12(15)13(16)14-10/h4-6H,1-3H3,(H,14,15,16). The van der Waals surface area contributed by atoms with E-state index in [1.54, 1.807) is 18.2 Å². The van der Waals surface area contributed by atoms with Crippen LogP contribution in [-0.2, 0) is 4.79 Å². The van der Waals surface area contributed by atoms with Crippen LogP contribution in [0.15, 0.2) is 18.2 Å². The average molecular weight is 243 g/mol. The zero-order valence-corrected chi connectivity index (χ0v) is 11.0. The lowest BCUT2D eigenvalue weighted by Crippen LogP contribution is -2.16. The summed E-state index contributed by atoms with van der Waals surface area (Å²) >= 11 is 0. The maximum Gasteiger partial charge on any atom is 0.296 e. The number of anilines is 1. The van der Waals surface area contributed by atoms with Gasteiger partial charge in [-0.05, 0) is 12.1 Å². The van der Waals surface area contributed by atoms with E-state index in [1.165, 1.54) is 0 Å². The number of rotatable bonds is 0. The van der Waals surface area contributed by atoms with E-state index in [9.17, 15) is 9.59 Å². The molecular formula is C13H13NO2Si. The summed E-state index contributed by atoms with van der Waals surface area (Å²) in [4.78, 5) is 23.0. The number of carbonyl (C=O) groups is 2. The molecule has 1 aromatic rings. The first-order valence-corrected chi connectivity index (χ1v) is 8.90. The molecule has 0 atom stereocenters. The van der Waals surface area contributed by atoms with Crippen molar-refractivity contribution in [2.24, 2.45) is 0 Å². The fourth-order valence-electron chi connectivity index (χ4n) is 1.55. The summed E-state index contributed by atoms with van der Waals surface area (Å²) < 4.78 is 0. The van der Waals surface area contributed by atoms with Gasteiger partial charge in [-0.25, -0.2) is 0 Å². The van der Waals surface area contributed by atoms with Crippen molar-refractivity contribution >= 4 is 25.5 Å². The number of hydrogen-bond donors (Lipinski definition) is 1. The summed E-state index contributed by atoms with van der Waals surface area (Å²) in [7, 11) is -1.49. The van der Waals surface area contributed by atoms with Crippen LogP contribution >= 0.6 is 0 Å². The lowest BCUT2D eigenvalue weighted by atomic mass is 10.0. The van der Waals surface area contributed by atoms with Crippen molar-refractivity contribution in [1.29, 1.82) is 0 Å². The van der Waals surface area contributed by atoms with Crippen molar-refractivity contribution in [3.05, 3.63) is 29.3 Å². The first kappa shape index (κ1) is 11.6. The third kappa shape index (κ3) is 2.29. The second kappa shape index (κ2) is 3.86. The van der Waals surface area contributed by atoms with Gasteiger partial charge in [0, 0.05) is 5.56 Å². The largest absolute Gasteiger partial charge is 0.318 e. The number of fused-ring (bicyclic) bond motifs is 1. The lowest BCUT2D eigenvalue weighted by Gasteiger charge is -2.04. The van der Waals surface area contributed by atoms with Gasteiger partial charge in [0.2, 0.25) is 0 Å². The molecule has 1 N–H and O–H groups in total. The molecule has 4 heteroatoms. The maximum atomic E-state index is 11.7. The molecule has 1 aromatic carbocycles. The molecule has 0 radical (unpaired) electrons. The van der Waals surface area contributed by atoms with Crippen molar-refractivity contribution in [3.63, 3.8) is 0 Å². The molecule has 3 nitrogen and oxygen atoms in total. The normalized spacial score (nSPS) is 13.8. The van der Waals surface area contributed by atoms with Gasteiger partial charge in [0.25, 0.3) is 11.7 Å². The Bertz CT molecular complexity index is 573. The molecule has 86 valence electrons. The molecule has 0 aromatic heterocycles. The Kier molecular flexibility index (Phi) is 2.64. The van der Waals surface area contributed by atoms with Gasteiger partial charge in [-0.3, -0.25) is 9.59 Å². The quantitative estimate of drug-likeness (QED) is 0.430. The van der Waals surface area contributed by atoms with Gasteiger partial charge in [-0.2, -0.15) is 0 Å². The van der Waals surface area contributed by atoms with E-state index in [4.69, 9.17) is 0 Å². The van der Waals surface area contributed by atoms with Crippen LogP contribution in [0, 0.1) is 11.5 Å². The van der Waals surface area contributed by atoms with Gasteiger partial charge in [0.1, 0.15) is 8.07 Å². The molecule has 1 aliphatic rings. The molecule has 0 saturated carbocycles. The third-order valence-electron chi connectivity index (χ3n) is 2.32. The molecule has 1 heterocycles. The van der Waals surface area contributed by atoms with Gasteiger partial charge < -0.3 is 5.32 Å². The average Bonchev–Trinajstić information content (AvgIpc) is 2.52. The number of carbonyl (C=O) groups excluding carboxylic acids is 2. The minimum atomic E-state index is -1.49. The molecule has 0 aliphatic carbocycles. The molecule has 0 spiro atoms. The third-order valence-corrected chi connectivity index (χ3v) is 3.19. The van der Waals surface area contributed by atoms with E-state index in [-0.39, 0.29) is 0 Å². The topological polar surface area (TPSA) is 46.2 Å². The smallest absolute Gasteiger partial charge is 0.296 e. The van der Waals surface area contributed by atoms with E-state index >= 15 is 0 Å². The van der Waals surface area contributed by atoms with E-state index in [0.29, 0.717) is 16.8 Å². The summed E-state index contributed by atoms with van der Waals surface area (Å²) in [5.41, 5.74) is 4.84. The van der Waals surface area contributed by atoms with Crippen molar-refractivity contribution in [2.75, 3.05) is 5.32 Å².